The van der Waals surface area contributed by atoms with Gasteiger partial charge in [-0.1, -0.05) is 12.7 Å². The minimum Gasteiger partial charge on any atom is -0.491 e. The monoisotopic (exact) mass is 396 g/mol. The van der Waals surface area contributed by atoms with Gasteiger partial charge in [-0.25, -0.2) is 9.97 Å². The van der Waals surface area contributed by atoms with E-state index in [9.17, 15) is 9.59 Å². The Hall–Kier alpha value is -3.42. The van der Waals surface area contributed by atoms with Crippen LogP contribution in [0.15, 0.2) is 43.2 Å². The van der Waals surface area contributed by atoms with E-state index in [0.717, 1.165) is 18.4 Å². The molecule has 1 aliphatic rings. The van der Waals surface area contributed by atoms with Crippen molar-refractivity contribution in [1.82, 2.24) is 15.3 Å². The Morgan fingerprint density at radius 3 is 2.83 bits per heavy atom. The lowest BCUT2D eigenvalue weighted by molar-refractivity contribution is -0.117. The van der Waals surface area contributed by atoms with Crippen molar-refractivity contribution in [3.63, 3.8) is 0 Å². The highest BCUT2D eigenvalue weighted by Crippen LogP contribution is 2.30. The van der Waals surface area contributed by atoms with E-state index in [4.69, 9.17) is 9.47 Å². The normalized spacial score (nSPS) is 13.9. The van der Waals surface area contributed by atoms with E-state index in [2.05, 4.69) is 27.2 Å². The van der Waals surface area contributed by atoms with Gasteiger partial charge in [0.2, 0.25) is 5.91 Å². The molecule has 8 nitrogen and oxygen atoms in total. The summed E-state index contributed by atoms with van der Waals surface area (Å²) in [5, 5.41) is 5.65. The number of amides is 2. The van der Waals surface area contributed by atoms with Crippen LogP contribution in [0.2, 0.25) is 0 Å². The summed E-state index contributed by atoms with van der Waals surface area (Å²) < 4.78 is 10.8. The lowest BCUT2D eigenvalue weighted by atomic mass is 10.1. The highest BCUT2D eigenvalue weighted by atomic mass is 16.5. The van der Waals surface area contributed by atoms with Crippen LogP contribution in [0.1, 0.15) is 41.7 Å². The van der Waals surface area contributed by atoms with Crippen molar-refractivity contribution in [2.75, 3.05) is 19.0 Å². The molecule has 2 amide bonds. The van der Waals surface area contributed by atoms with Gasteiger partial charge in [0.15, 0.2) is 5.75 Å². The van der Waals surface area contributed by atoms with Crippen molar-refractivity contribution >= 4 is 17.6 Å². The van der Waals surface area contributed by atoms with E-state index in [-0.39, 0.29) is 23.8 Å². The predicted octanol–water partition coefficient (Wildman–Crippen LogP) is 2.89. The number of methoxy groups -OCH3 is 1. The molecule has 0 aliphatic heterocycles. The summed E-state index contributed by atoms with van der Waals surface area (Å²) in [7, 11) is 1.53. The molecule has 2 heterocycles. The van der Waals surface area contributed by atoms with Gasteiger partial charge in [-0.05, 0) is 43.5 Å². The van der Waals surface area contributed by atoms with Crippen molar-refractivity contribution in [3.8, 4) is 11.6 Å². The smallest absolute Gasteiger partial charge is 0.257 e. The molecule has 29 heavy (non-hydrogen) atoms. The first kappa shape index (κ1) is 20.3. The lowest BCUT2D eigenvalue weighted by Crippen LogP contribution is -2.27. The maximum absolute atomic E-state index is 12.6. The zero-order chi connectivity index (χ0) is 20.8. The van der Waals surface area contributed by atoms with Crippen molar-refractivity contribution < 1.29 is 19.1 Å². The van der Waals surface area contributed by atoms with Crippen LogP contribution in [0, 0.1) is 5.92 Å². The predicted molar refractivity (Wildman–Crippen MR) is 108 cm³/mol. The Kier molecular flexibility index (Phi) is 6.43. The minimum absolute atomic E-state index is 0.0552. The highest BCUT2D eigenvalue weighted by molar-refractivity contribution is 5.97. The Morgan fingerprint density at radius 2 is 2.14 bits per heavy atom. The van der Waals surface area contributed by atoms with Gasteiger partial charge in [-0.15, -0.1) is 0 Å². The molecular weight excluding hydrogens is 372 g/mol. The third kappa shape index (κ3) is 5.31. The molecule has 8 heteroatoms. The van der Waals surface area contributed by atoms with Crippen LogP contribution in [0.4, 0.5) is 5.82 Å². The first-order valence-corrected chi connectivity index (χ1v) is 9.37. The molecule has 152 valence electrons. The van der Waals surface area contributed by atoms with Gasteiger partial charge in [-0.2, -0.15) is 0 Å². The molecule has 1 atom stereocenters. The SMILES string of the molecule is C=CCOc1ncc(C(C)NC(=O)c2ccnc(NC(=O)C3CC3)c2)cc1OC. The highest BCUT2D eigenvalue weighted by Gasteiger charge is 2.29. The van der Waals surface area contributed by atoms with Crippen LogP contribution in [-0.4, -0.2) is 35.5 Å². The number of hydrogen-bond donors (Lipinski definition) is 2. The molecule has 1 fully saturated rings. The lowest BCUT2D eigenvalue weighted by Gasteiger charge is -2.16. The third-order valence-electron chi connectivity index (χ3n) is 4.47. The van der Waals surface area contributed by atoms with Crippen LogP contribution in [-0.2, 0) is 4.79 Å². The molecule has 1 aliphatic carbocycles. The second kappa shape index (κ2) is 9.18. The van der Waals surface area contributed by atoms with Crippen LogP contribution >= 0.6 is 0 Å². The number of carbonyl (C=O) groups excluding carboxylic acids is 2. The largest absolute Gasteiger partial charge is 0.491 e. The molecule has 0 aromatic carbocycles. The summed E-state index contributed by atoms with van der Waals surface area (Å²) in [6.45, 7) is 5.76. The molecule has 0 radical (unpaired) electrons. The number of hydrogen-bond acceptors (Lipinski definition) is 6. The molecular formula is C21H24N4O4. The average molecular weight is 396 g/mol. The van der Waals surface area contributed by atoms with Crippen LogP contribution in [0.25, 0.3) is 0 Å². The fraction of sp³-hybridized carbons (Fsp3) is 0.333. The molecule has 2 N–H and O–H groups in total. The summed E-state index contributed by atoms with van der Waals surface area (Å²) in [5.74, 6) is 0.928. The molecule has 1 saturated carbocycles. The first-order chi connectivity index (χ1) is 14.0. The topological polar surface area (TPSA) is 102 Å². The van der Waals surface area contributed by atoms with Crippen molar-refractivity contribution in [2.24, 2.45) is 5.92 Å². The number of nitrogens with zero attached hydrogens (tertiary/aromatic N) is 2. The minimum atomic E-state index is -0.324. The number of nitrogens with one attached hydrogen (secondary N) is 2. The van der Waals surface area contributed by atoms with E-state index in [1.165, 1.54) is 13.3 Å². The molecule has 0 spiro atoms. The number of rotatable bonds is 9. The van der Waals surface area contributed by atoms with Gasteiger partial charge in [0.1, 0.15) is 12.4 Å². The van der Waals surface area contributed by atoms with Crippen LogP contribution < -0.4 is 20.1 Å². The van der Waals surface area contributed by atoms with Crippen molar-refractivity contribution in [3.05, 3.63) is 54.4 Å². The van der Waals surface area contributed by atoms with Gasteiger partial charge in [-0.3, -0.25) is 9.59 Å². The van der Waals surface area contributed by atoms with E-state index in [1.807, 2.05) is 6.92 Å². The van der Waals surface area contributed by atoms with Crippen LogP contribution in [0.3, 0.4) is 0 Å². The standard InChI is InChI=1S/C21H24N4O4/c1-4-9-29-21-17(28-3)10-16(12-23-21)13(2)24-20(27)15-7-8-22-18(11-15)25-19(26)14-5-6-14/h4,7-8,10-14H,1,5-6,9H2,2-3H3,(H,24,27)(H,22,25,26). The quantitative estimate of drug-likeness (QED) is 0.632. The van der Waals surface area contributed by atoms with E-state index in [0.29, 0.717) is 29.6 Å². The Balaban J connectivity index is 1.66. The van der Waals surface area contributed by atoms with E-state index < -0.39 is 0 Å². The van der Waals surface area contributed by atoms with E-state index in [1.54, 1.807) is 30.5 Å². The average Bonchev–Trinajstić information content (AvgIpc) is 3.57. The number of anilines is 1. The molecule has 1 unspecified atom stereocenters. The maximum atomic E-state index is 12.6. The third-order valence-corrected chi connectivity index (χ3v) is 4.47. The fourth-order valence-electron chi connectivity index (χ4n) is 2.65. The van der Waals surface area contributed by atoms with Crippen LogP contribution in [0.5, 0.6) is 11.6 Å². The zero-order valence-corrected chi connectivity index (χ0v) is 16.5. The second-order valence-electron chi connectivity index (χ2n) is 6.76. The molecule has 2 aromatic rings. The van der Waals surface area contributed by atoms with Gasteiger partial charge in [0, 0.05) is 23.9 Å². The fourth-order valence-corrected chi connectivity index (χ4v) is 2.65. The van der Waals surface area contributed by atoms with Gasteiger partial charge < -0.3 is 20.1 Å². The Bertz CT molecular complexity index is 911. The van der Waals surface area contributed by atoms with Crippen molar-refractivity contribution in [1.29, 1.82) is 0 Å². The molecule has 0 saturated heterocycles. The zero-order valence-electron chi connectivity index (χ0n) is 16.5. The van der Waals surface area contributed by atoms with Crippen molar-refractivity contribution in [2.45, 2.75) is 25.8 Å². The van der Waals surface area contributed by atoms with Gasteiger partial charge >= 0.3 is 0 Å². The Morgan fingerprint density at radius 1 is 1.34 bits per heavy atom. The number of pyridine rings is 2. The number of ether oxygens (including phenoxy) is 2. The summed E-state index contributed by atoms with van der Waals surface area (Å²) in [6.07, 6.45) is 6.54. The summed E-state index contributed by atoms with van der Waals surface area (Å²) in [5.41, 5.74) is 1.17. The van der Waals surface area contributed by atoms with Gasteiger partial charge in [0.05, 0.1) is 13.2 Å². The van der Waals surface area contributed by atoms with E-state index >= 15 is 0 Å². The summed E-state index contributed by atoms with van der Waals surface area (Å²) in [6, 6.07) is 4.60. The first-order valence-electron chi connectivity index (χ1n) is 9.37. The summed E-state index contributed by atoms with van der Waals surface area (Å²) in [4.78, 5) is 32.9. The number of aromatic nitrogens is 2. The summed E-state index contributed by atoms with van der Waals surface area (Å²) >= 11 is 0. The number of carbonyl (C=O) groups is 2. The Labute approximate surface area is 169 Å². The molecule has 2 aromatic heterocycles. The molecule has 0 bridgehead atoms. The van der Waals surface area contributed by atoms with Gasteiger partial charge in [0.25, 0.3) is 11.8 Å². The molecule has 3 rings (SSSR count). The second-order valence-corrected chi connectivity index (χ2v) is 6.76. The maximum Gasteiger partial charge on any atom is 0.257 e.